The second-order valence-electron chi connectivity index (χ2n) is 5.54. The lowest BCUT2D eigenvalue weighted by atomic mass is 10.1. The molecule has 2 aromatic rings. The fourth-order valence-corrected chi connectivity index (χ4v) is 3.86. The number of sulfonamides is 1. The maximum absolute atomic E-state index is 12.6. The molecule has 1 aromatic heterocycles. The minimum atomic E-state index is -3.60. The molecule has 0 amide bonds. The first-order chi connectivity index (χ1) is 9.94. The summed E-state index contributed by atoms with van der Waals surface area (Å²) < 4.78 is 27.9. The Hall–Kier alpha value is -1.50. The van der Waals surface area contributed by atoms with E-state index in [-0.39, 0.29) is 17.5 Å². The molecule has 0 saturated carbocycles. The Morgan fingerprint density at radius 1 is 1.29 bits per heavy atom. The molecule has 0 fully saturated rings. The maximum Gasteiger partial charge on any atom is 0.241 e. The Bertz CT molecular complexity index is 708. The molecule has 0 spiro atoms. The van der Waals surface area contributed by atoms with Crippen molar-refractivity contribution in [1.29, 1.82) is 0 Å². The topological polar surface area (TPSA) is 85.1 Å². The molecule has 0 aliphatic carbocycles. The first kappa shape index (κ1) is 15.9. The summed E-state index contributed by atoms with van der Waals surface area (Å²) >= 11 is 0. The Kier molecular flexibility index (Phi) is 4.92. The third-order valence-electron chi connectivity index (χ3n) is 3.29. The van der Waals surface area contributed by atoms with Crippen LogP contribution in [0.3, 0.4) is 0 Å². The van der Waals surface area contributed by atoms with E-state index in [0.717, 1.165) is 5.39 Å². The van der Waals surface area contributed by atoms with Gasteiger partial charge in [-0.25, -0.2) is 13.1 Å². The molecular formula is C15H21N3O2S. The predicted molar refractivity (Wildman–Crippen MR) is 84.4 cm³/mol. The van der Waals surface area contributed by atoms with Crippen LogP contribution >= 0.6 is 0 Å². The number of nitrogens with two attached hydrogens (primary N) is 1. The van der Waals surface area contributed by atoms with Crippen LogP contribution in [0, 0.1) is 5.92 Å². The van der Waals surface area contributed by atoms with Crippen molar-refractivity contribution in [3.8, 4) is 0 Å². The van der Waals surface area contributed by atoms with Crippen molar-refractivity contribution in [1.82, 2.24) is 9.71 Å². The van der Waals surface area contributed by atoms with Crippen LogP contribution in [0.2, 0.25) is 0 Å². The highest BCUT2D eigenvalue weighted by Gasteiger charge is 2.21. The van der Waals surface area contributed by atoms with Gasteiger partial charge in [0.2, 0.25) is 10.0 Å². The fourth-order valence-electron chi connectivity index (χ4n) is 2.37. The molecule has 0 radical (unpaired) electrons. The molecule has 21 heavy (non-hydrogen) atoms. The van der Waals surface area contributed by atoms with Gasteiger partial charge in [-0.3, -0.25) is 4.98 Å². The van der Waals surface area contributed by atoms with Gasteiger partial charge in [-0.1, -0.05) is 26.0 Å². The lowest BCUT2D eigenvalue weighted by Crippen LogP contribution is -2.41. The van der Waals surface area contributed by atoms with E-state index in [1.807, 2.05) is 19.9 Å². The summed E-state index contributed by atoms with van der Waals surface area (Å²) in [6.45, 7) is 4.37. The summed E-state index contributed by atoms with van der Waals surface area (Å²) in [6.07, 6.45) is 3.96. The number of pyridine rings is 1. The number of fused-ring (bicyclic) bond motifs is 1. The predicted octanol–water partition coefficient (Wildman–Crippen LogP) is 1.89. The third-order valence-corrected chi connectivity index (χ3v) is 4.87. The number of hydrogen-bond acceptors (Lipinski definition) is 4. The van der Waals surface area contributed by atoms with E-state index in [2.05, 4.69) is 9.71 Å². The smallest absolute Gasteiger partial charge is 0.241 e. The third kappa shape index (κ3) is 3.78. The number of hydrogen-bond donors (Lipinski definition) is 2. The van der Waals surface area contributed by atoms with Crippen LogP contribution in [-0.4, -0.2) is 26.0 Å². The summed E-state index contributed by atoms with van der Waals surface area (Å²) in [5, 5.41) is 1.47. The summed E-state index contributed by atoms with van der Waals surface area (Å²) in [7, 11) is -3.60. The number of aromatic nitrogens is 1. The molecule has 5 nitrogen and oxygen atoms in total. The molecule has 0 aliphatic heterocycles. The largest absolute Gasteiger partial charge is 0.329 e. The van der Waals surface area contributed by atoms with E-state index in [1.165, 1.54) is 0 Å². The SMILES string of the molecule is CC(C)C[C@@H](CN)NS(=O)(=O)c1cccc2cnccc12. The van der Waals surface area contributed by atoms with E-state index >= 15 is 0 Å². The highest BCUT2D eigenvalue weighted by atomic mass is 32.2. The van der Waals surface area contributed by atoms with Crippen molar-refractivity contribution < 1.29 is 8.42 Å². The lowest BCUT2D eigenvalue weighted by Gasteiger charge is -2.19. The standard InChI is InChI=1S/C15H21N3O2S/c1-11(2)8-13(9-16)18-21(19,20)15-5-3-4-12-10-17-7-6-14(12)15/h3-7,10-11,13,18H,8-9,16H2,1-2H3/t13-/m0/s1. The Morgan fingerprint density at radius 3 is 2.71 bits per heavy atom. The molecule has 0 aliphatic rings. The van der Waals surface area contributed by atoms with Gasteiger partial charge in [-0.2, -0.15) is 0 Å². The van der Waals surface area contributed by atoms with Gasteiger partial charge in [0.05, 0.1) is 4.90 Å². The molecule has 0 saturated heterocycles. The highest BCUT2D eigenvalue weighted by molar-refractivity contribution is 7.89. The Morgan fingerprint density at radius 2 is 2.05 bits per heavy atom. The Balaban J connectivity index is 2.38. The molecule has 2 rings (SSSR count). The molecule has 0 unspecified atom stereocenters. The van der Waals surface area contributed by atoms with Gasteiger partial charge in [0.25, 0.3) is 0 Å². The van der Waals surface area contributed by atoms with Crippen molar-refractivity contribution >= 4 is 20.8 Å². The molecule has 3 N–H and O–H groups in total. The summed E-state index contributed by atoms with van der Waals surface area (Å²) in [6, 6.07) is 6.62. The zero-order valence-corrected chi connectivity index (χ0v) is 13.1. The molecular weight excluding hydrogens is 286 g/mol. The van der Waals surface area contributed by atoms with Crippen molar-refractivity contribution in [3.63, 3.8) is 0 Å². The summed E-state index contributed by atoms with van der Waals surface area (Å²) in [4.78, 5) is 4.29. The average molecular weight is 307 g/mol. The zero-order valence-electron chi connectivity index (χ0n) is 12.3. The second-order valence-corrected chi connectivity index (χ2v) is 7.22. The van der Waals surface area contributed by atoms with Gasteiger partial charge in [-0.05, 0) is 24.5 Å². The fraction of sp³-hybridized carbons (Fsp3) is 0.400. The normalized spacial score (nSPS) is 13.7. The minimum absolute atomic E-state index is 0.257. The van der Waals surface area contributed by atoms with Gasteiger partial charge in [0, 0.05) is 35.8 Å². The van der Waals surface area contributed by atoms with Gasteiger partial charge >= 0.3 is 0 Å². The van der Waals surface area contributed by atoms with Gasteiger partial charge in [-0.15, -0.1) is 0 Å². The molecule has 6 heteroatoms. The summed E-state index contributed by atoms with van der Waals surface area (Å²) in [5.74, 6) is 0.373. The molecule has 114 valence electrons. The van der Waals surface area contributed by atoms with Crippen LogP contribution < -0.4 is 10.5 Å². The van der Waals surface area contributed by atoms with E-state index in [0.29, 0.717) is 17.7 Å². The lowest BCUT2D eigenvalue weighted by molar-refractivity contribution is 0.465. The number of rotatable bonds is 6. The minimum Gasteiger partial charge on any atom is -0.329 e. The monoisotopic (exact) mass is 307 g/mol. The number of nitrogens with zero attached hydrogens (tertiary/aromatic N) is 1. The molecule has 0 bridgehead atoms. The van der Waals surface area contributed by atoms with E-state index in [1.54, 1.807) is 30.6 Å². The number of benzene rings is 1. The molecule has 1 aromatic carbocycles. The van der Waals surface area contributed by atoms with Crippen molar-refractivity contribution in [2.45, 2.75) is 31.2 Å². The van der Waals surface area contributed by atoms with Gasteiger partial charge < -0.3 is 5.73 Å². The Labute approximate surface area is 125 Å². The van der Waals surface area contributed by atoms with E-state index in [9.17, 15) is 8.42 Å². The van der Waals surface area contributed by atoms with Crippen LogP contribution in [0.5, 0.6) is 0 Å². The first-order valence-corrected chi connectivity index (χ1v) is 8.47. The highest BCUT2D eigenvalue weighted by Crippen LogP contribution is 2.22. The summed E-state index contributed by atoms with van der Waals surface area (Å²) in [5.41, 5.74) is 5.68. The second kappa shape index (κ2) is 6.51. The van der Waals surface area contributed by atoms with Crippen molar-refractivity contribution in [3.05, 3.63) is 36.7 Å². The molecule has 1 atom stereocenters. The van der Waals surface area contributed by atoms with Crippen LogP contribution in [0.4, 0.5) is 0 Å². The average Bonchev–Trinajstić information content (AvgIpc) is 2.45. The number of nitrogens with one attached hydrogen (secondary N) is 1. The van der Waals surface area contributed by atoms with Crippen molar-refractivity contribution in [2.75, 3.05) is 6.54 Å². The van der Waals surface area contributed by atoms with Crippen LogP contribution in [0.25, 0.3) is 10.8 Å². The van der Waals surface area contributed by atoms with Crippen LogP contribution in [0.1, 0.15) is 20.3 Å². The maximum atomic E-state index is 12.6. The van der Waals surface area contributed by atoms with Crippen LogP contribution in [0.15, 0.2) is 41.6 Å². The van der Waals surface area contributed by atoms with Crippen molar-refractivity contribution in [2.24, 2.45) is 11.7 Å². The zero-order chi connectivity index (χ0) is 15.5. The molecule has 1 heterocycles. The van der Waals surface area contributed by atoms with Crippen LogP contribution in [-0.2, 0) is 10.0 Å². The van der Waals surface area contributed by atoms with E-state index < -0.39 is 10.0 Å². The quantitative estimate of drug-likeness (QED) is 0.853. The van der Waals surface area contributed by atoms with Gasteiger partial charge in [0.1, 0.15) is 0 Å². The van der Waals surface area contributed by atoms with Gasteiger partial charge in [0.15, 0.2) is 0 Å². The first-order valence-electron chi connectivity index (χ1n) is 6.99. The van der Waals surface area contributed by atoms with E-state index in [4.69, 9.17) is 5.73 Å².